The minimum Gasteiger partial charge on any atom is -0.371 e. The van der Waals surface area contributed by atoms with Gasteiger partial charge in [0.05, 0.1) is 0 Å². The fourth-order valence-corrected chi connectivity index (χ4v) is 1.84. The first-order valence-electron chi connectivity index (χ1n) is 6.25. The number of carbonyl (C=O) groups is 1. The molecule has 1 aromatic rings. The zero-order valence-corrected chi connectivity index (χ0v) is 10.6. The van der Waals surface area contributed by atoms with Crippen molar-refractivity contribution in [2.24, 2.45) is 0 Å². The molecular formula is C14H16N4O. The first-order valence-corrected chi connectivity index (χ1v) is 6.25. The number of hydrogen-bond acceptors (Lipinski definition) is 4. The van der Waals surface area contributed by atoms with Gasteiger partial charge in [0.1, 0.15) is 11.9 Å². The maximum absolute atomic E-state index is 12.0. The van der Waals surface area contributed by atoms with Gasteiger partial charge in [-0.25, -0.2) is 0 Å². The van der Waals surface area contributed by atoms with Crippen LogP contribution in [0.1, 0.15) is 12.0 Å². The van der Waals surface area contributed by atoms with E-state index >= 15 is 0 Å². The van der Waals surface area contributed by atoms with E-state index in [2.05, 4.69) is 16.0 Å². The molecule has 1 aliphatic heterocycles. The number of nitriles is 1. The molecule has 1 aromatic carbocycles. The van der Waals surface area contributed by atoms with Crippen molar-refractivity contribution in [3.63, 3.8) is 0 Å². The summed E-state index contributed by atoms with van der Waals surface area (Å²) in [7, 11) is 0. The van der Waals surface area contributed by atoms with Crippen LogP contribution in [-0.4, -0.2) is 19.0 Å². The molecule has 1 heterocycles. The quantitative estimate of drug-likeness (QED) is 0.547. The Morgan fingerprint density at radius 1 is 1.26 bits per heavy atom. The van der Waals surface area contributed by atoms with Gasteiger partial charge in [-0.15, -0.1) is 0 Å². The van der Waals surface area contributed by atoms with Crippen LogP contribution in [0.15, 0.2) is 41.7 Å². The van der Waals surface area contributed by atoms with E-state index in [0.717, 1.165) is 25.1 Å². The molecule has 0 radical (unpaired) electrons. The summed E-state index contributed by atoms with van der Waals surface area (Å²) in [6.45, 7) is 1.97. The Hall–Kier alpha value is -2.48. The smallest absolute Gasteiger partial charge is 0.265 e. The minimum absolute atomic E-state index is 0.107. The van der Waals surface area contributed by atoms with Crippen LogP contribution in [0.3, 0.4) is 0 Å². The van der Waals surface area contributed by atoms with E-state index in [4.69, 9.17) is 5.26 Å². The predicted octanol–water partition coefficient (Wildman–Crippen LogP) is 0.621. The van der Waals surface area contributed by atoms with Crippen molar-refractivity contribution in [2.75, 3.05) is 13.1 Å². The van der Waals surface area contributed by atoms with Crippen molar-refractivity contribution in [2.45, 2.75) is 13.0 Å². The molecular weight excluding hydrogens is 240 g/mol. The van der Waals surface area contributed by atoms with Gasteiger partial charge in [-0.1, -0.05) is 30.3 Å². The van der Waals surface area contributed by atoms with Gasteiger partial charge in [-0.3, -0.25) is 4.79 Å². The monoisotopic (exact) mass is 256 g/mol. The molecule has 0 atom stereocenters. The Morgan fingerprint density at radius 2 is 1.95 bits per heavy atom. The van der Waals surface area contributed by atoms with Crippen molar-refractivity contribution in [3.8, 4) is 6.07 Å². The average Bonchev–Trinajstić information content (AvgIpc) is 2.48. The fourth-order valence-electron chi connectivity index (χ4n) is 1.84. The van der Waals surface area contributed by atoms with Gasteiger partial charge < -0.3 is 16.0 Å². The van der Waals surface area contributed by atoms with Gasteiger partial charge in [0.15, 0.2) is 5.57 Å². The second kappa shape index (κ2) is 6.45. The van der Waals surface area contributed by atoms with Crippen LogP contribution >= 0.6 is 0 Å². The summed E-state index contributed by atoms with van der Waals surface area (Å²) in [6.07, 6.45) is 0.980. The van der Waals surface area contributed by atoms with Gasteiger partial charge in [-0.05, 0) is 12.0 Å². The molecule has 1 aliphatic rings. The van der Waals surface area contributed by atoms with Crippen LogP contribution in [-0.2, 0) is 11.3 Å². The Labute approximate surface area is 112 Å². The molecule has 0 unspecified atom stereocenters. The van der Waals surface area contributed by atoms with Crippen molar-refractivity contribution >= 4 is 5.91 Å². The van der Waals surface area contributed by atoms with E-state index < -0.39 is 0 Å². The van der Waals surface area contributed by atoms with E-state index in [0.29, 0.717) is 12.4 Å². The maximum atomic E-state index is 12.0. The Morgan fingerprint density at radius 3 is 2.58 bits per heavy atom. The van der Waals surface area contributed by atoms with E-state index in [9.17, 15) is 4.79 Å². The summed E-state index contributed by atoms with van der Waals surface area (Å²) in [4.78, 5) is 12.0. The maximum Gasteiger partial charge on any atom is 0.265 e. The van der Waals surface area contributed by atoms with E-state index in [1.165, 1.54) is 0 Å². The van der Waals surface area contributed by atoms with Gasteiger partial charge in [0, 0.05) is 19.6 Å². The molecule has 5 heteroatoms. The number of carbonyl (C=O) groups excluding carboxylic acids is 1. The molecule has 3 N–H and O–H groups in total. The highest BCUT2D eigenvalue weighted by Crippen LogP contribution is 2.03. The molecule has 0 aliphatic carbocycles. The lowest BCUT2D eigenvalue weighted by atomic mass is 10.2. The third-order valence-electron chi connectivity index (χ3n) is 2.84. The minimum atomic E-state index is -0.358. The van der Waals surface area contributed by atoms with Crippen LogP contribution < -0.4 is 16.0 Å². The van der Waals surface area contributed by atoms with Crippen LogP contribution in [0.5, 0.6) is 0 Å². The molecule has 19 heavy (non-hydrogen) atoms. The molecule has 98 valence electrons. The van der Waals surface area contributed by atoms with E-state index in [1.807, 2.05) is 36.4 Å². The lowest BCUT2D eigenvalue weighted by molar-refractivity contribution is -0.117. The molecule has 5 nitrogen and oxygen atoms in total. The highest BCUT2D eigenvalue weighted by molar-refractivity contribution is 5.97. The number of hydrogen-bond donors (Lipinski definition) is 3. The molecule has 0 spiro atoms. The third-order valence-corrected chi connectivity index (χ3v) is 2.84. The van der Waals surface area contributed by atoms with Crippen LogP contribution in [0.4, 0.5) is 0 Å². The third kappa shape index (κ3) is 3.49. The number of nitrogens with one attached hydrogen (secondary N) is 3. The summed E-state index contributed by atoms with van der Waals surface area (Å²) in [5.41, 5.74) is 1.11. The summed E-state index contributed by atoms with van der Waals surface area (Å²) in [6, 6.07) is 11.5. The van der Waals surface area contributed by atoms with Crippen molar-refractivity contribution < 1.29 is 4.79 Å². The molecule has 2 rings (SSSR count). The van der Waals surface area contributed by atoms with Gasteiger partial charge in [-0.2, -0.15) is 5.26 Å². The Balaban J connectivity index is 2.00. The number of benzene rings is 1. The predicted molar refractivity (Wildman–Crippen MR) is 71.6 cm³/mol. The zero-order chi connectivity index (χ0) is 13.5. The summed E-state index contributed by atoms with van der Waals surface area (Å²) in [5.74, 6) is 0.169. The molecule has 1 saturated heterocycles. The molecule has 1 fully saturated rings. The normalized spacial score (nSPS) is 13.7. The first kappa shape index (κ1) is 13.0. The van der Waals surface area contributed by atoms with Crippen LogP contribution in [0.25, 0.3) is 0 Å². The van der Waals surface area contributed by atoms with Crippen molar-refractivity contribution in [1.82, 2.24) is 16.0 Å². The highest BCUT2D eigenvalue weighted by Gasteiger charge is 2.16. The van der Waals surface area contributed by atoms with Gasteiger partial charge >= 0.3 is 0 Å². The Bertz CT molecular complexity index is 508. The average molecular weight is 256 g/mol. The first-order chi connectivity index (χ1) is 9.31. The topological polar surface area (TPSA) is 77.0 Å². The van der Waals surface area contributed by atoms with Crippen molar-refractivity contribution in [3.05, 3.63) is 47.3 Å². The van der Waals surface area contributed by atoms with Gasteiger partial charge in [0.25, 0.3) is 5.91 Å². The number of rotatable bonds is 3. The molecule has 1 amide bonds. The molecule has 0 aromatic heterocycles. The SMILES string of the molecule is N#CC(C(=O)NCc1ccccc1)=C1NCCCN1. The number of nitrogens with zero attached hydrogens (tertiary/aromatic N) is 1. The second-order valence-electron chi connectivity index (χ2n) is 4.24. The van der Waals surface area contributed by atoms with E-state index in [1.54, 1.807) is 0 Å². The molecule has 0 bridgehead atoms. The van der Waals surface area contributed by atoms with Crippen LogP contribution in [0.2, 0.25) is 0 Å². The van der Waals surface area contributed by atoms with Crippen molar-refractivity contribution in [1.29, 1.82) is 5.26 Å². The van der Waals surface area contributed by atoms with Gasteiger partial charge in [0.2, 0.25) is 0 Å². The zero-order valence-electron chi connectivity index (χ0n) is 10.6. The summed E-state index contributed by atoms with van der Waals surface area (Å²) < 4.78 is 0. The van der Waals surface area contributed by atoms with Crippen LogP contribution in [0, 0.1) is 11.3 Å². The highest BCUT2D eigenvalue weighted by atomic mass is 16.1. The largest absolute Gasteiger partial charge is 0.371 e. The second-order valence-corrected chi connectivity index (χ2v) is 4.24. The summed E-state index contributed by atoms with van der Waals surface area (Å²) in [5, 5.41) is 17.9. The van der Waals surface area contributed by atoms with E-state index in [-0.39, 0.29) is 11.5 Å². The summed E-state index contributed by atoms with van der Waals surface area (Å²) >= 11 is 0. The lowest BCUT2D eigenvalue weighted by Crippen LogP contribution is -2.39. The standard InChI is InChI=1S/C14H16N4O/c15-9-12(13-16-7-4-8-17-13)14(19)18-10-11-5-2-1-3-6-11/h1-3,5-6,16-17H,4,7-8,10H2,(H,18,19). The number of amides is 1. The lowest BCUT2D eigenvalue weighted by Gasteiger charge is -2.20. The Kier molecular flexibility index (Phi) is 4.40. The fraction of sp³-hybridized carbons (Fsp3) is 0.286. The molecule has 0 saturated carbocycles.